The number of alkyl halides is 3. The van der Waals surface area contributed by atoms with Gasteiger partial charge in [0.2, 0.25) is 0 Å². The molecule has 0 saturated heterocycles. The third-order valence-corrected chi connectivity index (χ3v) is 4.38. The van der Waals surface area contributed by atoms with E-state index in [9.17, 15) is 32.9 Å². The van der Waals surface area contributed by atoms with Gasteiger partial charge in [-0.25, -0.2) is 0 Å². The van der Waals surface area contributed by atoms with Crippen LogP contribution in [-0.2, 0) is 17.5 Å². The summed E-state index contributed by atoms with van der Waals surface area (Å²) in [5, 5.41) is 10.9. The van der Waals surface area contributed by atoms with Crippen LogP contribution in [0.3, 0.4) is 0 Å². The second kappa shape index (κ2) is 7.04. The molecule has 1 unspecified atom stereocenters. The lowest BCUT2D eigenvalue weighted by Crippen LogP contribution is -3.09. The second-order valence-electron chi connectivity index (χ2n) is 6.51. The van der Waals surface area contributed by atoms with Crippen molar-refractivity contribution in [1.29, 1.82) is 0 Å². The van der Waals surface area contributed by atoms with Crippen LogP contribution in [0.5, 0.6) is 0 Å². The molecule has 0 spiro atoms. The molecule has 1 atom stereocenters. The number of hydrogen-bond donors (Lipinski definition) is 1. The second-order valence-corrected chi connectivity index (χ2v) is 6.51. The number of nitro groups is 1. The minimum absolute atomic E-state index is 0.0264. The molecular formula is C18H15F3N3O4+. The average molecular weight is 394 g/mol. The Morgan fingerprint density at radius 3 is 2.32 bits per heavy atom. The number of amides is 1. The van der Waals surface area contributed by atoms with E-state index in [1.807, 2.05) is 0 Å². The van der Waals surface area contributed by atoms with Crippen LogP contribution >= 0.6 is 0 Å². The molecule has 0 aromatic heterocycles. The monoisotopic (exact) mass is 394 g/mol. The van der Waals surface area contributed by atoms with Crippen LogP contribution in [0, 0.1) is 10.1 Å². The maximum atomic E-state index is 12.6. The van der Waals surface area contributed by atoms with Gasteiger partial charge in [-0.15, -0.1) is 0 Å². The molecule has 28 heavy (non-hydrogen) atoms. The lowest BCUT2D eigenvalue weighted by Gasteiger charge is -2.21. The summed E-state index contributed by atoms with van der Waals surface area (Å²) in [5.41, 5.74) is -0.141. The van der Waals surface area contributed by atoms with Gasteiger partial charge in [-0.3, -0.25) is 24.6 Å². The number of hydrogen-bond acceptors (Lipinski definition) is 4. The van der Waals surface area contributed by atoms with E-state index < -0.39 is 28.4 Å². The number of halogens is 3. The van der Waals surface area contributed by atoms with E-state index >= 15 is 0 Å². The number of Topliss-reactive ketones (excluding diaryl/α,β-unsaturated/α-hetero) is 1. The van der Waals surface area contributed by atoms with E-state index in [1.54, 1.807) is 7.05 Å². The Morgan fingerprint density at radius 1 is 1.11 bits per heavy atom. The highest BCUT2D eigenvalue weighted by Gasteiger charge is 2.38. The van der Waals surface area contributed by atoms with E-state index in [2.05, 4.69) is 0 Å². The first kappa shape index (κ1) is 19.5. The molecule has 0 fully saturated rings. The number of carbonyl (C=O) groups excluding carboxylic acids is 2. The third kappa shape index (κ3) is 3.72. The molecule has 2 aromatic rings. The molecule has 0 aliphatic carbocycles. The summed E-state index contributed by atoms with van der Waals surface area (Å²) < 4.78 is 37.9. The predicted molar refractivity (Wildman–Crippen MR) is 91.8 cm³/mol. The highest BCUT2D eigenvalue weighted by Crippen LogP contribution is 2.31. The first-order valence-corrected chi connectivity index (χ1v) is 8.20. The molecule has 7 nitrogen and oxygen atoms in total. The van der Waals surface area contributed by atoms with Crippen molar-refractivity contribution >= 4 is 23.1 Å². The Labute approximate surface area is 157 Å². The van der Waals surface area contributed by atoms with Crippen LogP contribution in [0.4, 0.5) is 24.5 Å². The van der Waals surface area contributed by atoms with E-state index in [0.29, 0.717) is 12.1 Å². The Bertz CT molecular complexity index is 958. The summed E-state index contributed by atoms with van der Waals surface area (Å²) in [6.07, 6.45) is -4.41. The minimum atomic E-state index is -4.41. The fourth-order valence-electron chi connectivity index (χ4n) is 3.04. The molecule has 1 N–H and O–H groups in total. The molecular weight excluding hydrogens is 379 g/mol. The van der Waals surface area contributed by atoms with Crippen LogP contribution in [0.2, 0.25) is 0 Å². The maximum absolute atomic E-state index is 12.6. The summed E-state index contributed by atoms with van der Waals surface area (Å²) in [4.78, 5) is 36.6. The molecule has 3 rings (SSSR count). The van der Waals surface area contributed by atoms with Crippen molar-refractivity contribution in [3.63, 3.8) is 0 Å². The number of fused-ring (bicyclic) bond motifs is 1. The lowest BCUT2D eigenvalue weighted by molar-refractivity contribution is -0.892. The quantitative estimate of drug-likeness (QED) is 0.476. The van der Waals surface area contributed by atoms with Crippen molar-refractivity contribution in [2.24, 2.45) is 0 Å². The van der Waals surface area contributed by atoms with Crippen LogP contribution in [-0.4, -0.2) is 30.3 Å². The molecule has 1 heterocycles. The van der Waals surface area contributed by atoms with Crippen LogP contribution in [0.15, 0.2) is 42.5 Å². The number of non-ortho nitro benzene ring substituents is 1. The van der Waals surface area contributed by atoms with Gasteiger partial charge in [0.05, 0.1) is 28.8 Å². The van der Waals surface area contributed by atoms with Gasteiger partial charge in [0.25, 0.3) is 11.5 Å². The topological polar surface area (TPSA) is 85.0 Å². The van der Waals surface area contributed by atoms with Crippen LogP contribution < -0.4 is 9.80 Å². The Morgan fingerprint density at radius 2 is 1.75 bits per heavy atom. The van der Waals surface area contributed by atoms with Crippen molar-refractivity contribution in [1.82, 2.24) is 0 Å². The fourth-order valence-corrected chi connectivity index (χ4v) is 3.04. The summed E-state index contributed by atoms with van der Waals surface area (Å²) >= 11 is 0. The van der Waals surface area contributed by atoms with E-state index in [0.717, 1.165) is 23.1 Å². The number of carbonyl (C=O) groups is 2. The van der Waals surface area contributed by atoms with E-state index in [1.165, 1.54) is 29.2 Å². The van der Waals surface area contributed by atoms with Gasteiger partial charge in [0.1, 0.15) is 6.54 Å². The number of nitrogens with zero attached hydrogens (tertiary/aromatic N) is 2. The average Bonchev–Trinajstić information content (AvgIpc) is 2.86. The van der Waals surface area contributed by atoms with Gasteiger partial charge in [0, 0.05) is 17.7 Å². The Balaban J connectivity index is 1.74. The minimum Gasteiger partial charge on any atom is -0.316 e. The number of anilines is 1. The van der Waals surface area contributed by atoms with Crippen LogP contribution in [0.1, 0.15) is 21.5 Å². The van der Waals surface area contributed by atoms with Crippen LogP contribution in [0.25, 0.3) is 0 Å². The van der Waals surface area contributed by atoms with E-state index in [-0.39, 0.29) is 23.6 Å². The molecule has 1 amide bonds. The van der Waals surface area contributed by atoms with Gasteiger partial charge < -0.3 is 4.90 Å². The molecule has 146 valence electrons. The first-order chi connectivity index (χ1) is 13.1. The zero-order chi connectivity index (χ0) is 20.6. The summed E-state index contributed by atoms with van der Waals surface area (Å²) in [6.45, 7) is 0.398. The Hall–Kier alpha value is -3.27. The van der Waals surface area contributed by atoms with Gasteiger partial charge in [-0.2, -0.15) is 13.2 Å². The molecule has 2 aromatic carbocycles. The molecule has 10 heteroatoms. The predicted octanol–water partition coefficient (Wildman–Crippen LogP) is 1.82. The lowest BCUT2D eigenvalue weighted by atomic mass is 10.1. The number of nitro benzene ring substituents is 1. The number of quaternary nitrogens is 1. The number of ketones is 1. The summed E-state index contributed by atoms with van der Waals surface area (Å²) in [6, 6.07) is 8.33. The van der Waals surface area contributed by atoms with Gasteiger partial charge in [-0.05, 0) is 18.2 Å². The van der Waals surface area contributed by atoms with Gasteiger partial charge in [-0.1, -0.05) is 12.1 Å². The Kier molecular flexibility index (Phi) is 4.90. The zero-order valence-corrected chi connectivity index (χ0v) is 14.6. The normalized spacial score (nSPS) is 14.9. The smallest absolute Gasteiger partial charge is 0.316 e. The van der Waals surface area contributed by atoms with Crippen molar-refractivity contribution in [3.8, 4) is 0 Å². The number of rotatable bonds is 5. The third-order valence-electron chi connectivity index (χ3n) is 4.38. The van der Waals surface area contributed by atoms with Gasteiger partial charge in [0.15, 0.2) is 6.67 Å². The number of benzene rings is 2. The molecule has 0 radical (unpaired) electrons. The summed E-state index contributed by atoms with van der Waals surface area (Å²) in [5.74, 6) is -1.61. The molecule has 1 aliphatic rings. The largest absolute Gasteiger partial charge is 0.416 e. The van der Waals surface area contributed by atoms with Crippen molar-refractivity contribution in [2.75, 3.05) is 18.6 Å². The molecule has 1 aliphatic heterocycles. The van der Waals surface area contributed by atoms with Gasteiger partial charge >= 0.3 is 12.1 Å². The van der Waals surface area contributed by atoms with E-state index in [4.69, 9.17) is 0 Å². The maximum Gasteiger partial charge on any atom is 0.416 e. The first-order valence-electron chi connectivity index (χ1n) is 8.20. The number of nitrogens with one attached hydrogen (secondary N) is 1. The van der Waals surface area contributed by atoms with Crippen molar-refractivity contribution < 1.29 is 32.6 Å². The molecule has 0 bridgehead atoms. The zero-order valence-electron chi connectivity index (χ0n) is 14.6. The highest BCUT2D eigenvalue weighted by atomic mass is 19.4. The summed E-state index contributed by atoms with van der Waals surface area (Å²) in [7, 11) is 1.72. The highest BCUT2D eigenvalue weighted by molar-refractivity contribution is 6.52. The SMILES string of the molecule is C[NH+](Cc1ccc(C(F)(F)F)cc1)CN1C(=O)C(=O)c2cc([N+](=O)[O-])ccc21. The van der Waals surface area contributed by atoms with Crippen molar-refractivity contribution in [2.45, 2.75) is 12.7 Å². The fraction of sp³-hybridized carbons (Fsp3) is 0.222. The molecule has 0 saturated carbocycles. The standard InChI is InChI=1S/C18H14F3N3O4/c1-22(9-11-2-4-12(5-3-11)18(19,20)21)10-23-15-7-6-13(24(27)28)8-14(15)16(25)17(23)26/h2-8H,9-10H2,1H3/p+1. The van der Waals surface area contributed by atoms with Crippen molar-refractivity contribution in [3.05, 3.63) is 69.3 Å².